The zero-order valence-electron chi connectivity index (χ0n) is 11.3. The molecule has 0 fully saturated rings. The molecule has 0 saturated heterocycles. The van der Waals surface area contributed by atoms with Crippen LogP contribution in [0, 0.1) is 10.1 Å². The van der Waals surface area contributed by atoms with E-state index in [1.54, 1.807) is 30.3 Å². The van der Waals surface area contributed by atoms with Crippen molar-refractivity contribution in [3.05, 3.63) is 69.8 Å². The van der Waals surface area contributed by atoms with Crippen molar-refractivity contribution in [3.63, 3.8) is 0 Å². The van der Waals surface area contributed by atoms with Crippen molar-refractivity contribution in [2.45, 2.75) is 11.5 Å². The van der Waals surface area contributed by atoms with Gasteiger partial charge in [-0.05, 0) is 24.5 Å². The molecule has 2 aromatic rings. The first-order valence-electron chi connectivity index (χ1n) is 6.16. The molecule has 0 aliphatic rings. The van der Waals surface area contributed by atoms with Crippen LogP contribution in [-0.4, -0.2) is 17.1 Å². The second kappa shape index (κ2) is 6.90. The van der Waals surface area contributed by atoms with Gasteiger partial charge in [-0.1, -0.05) is 24.3 Å². The van der Waals surface area contributed by atoms with E-state index >= 15 is 0 Å². The van der Waals surface area contributed by atoms with Crippen molar-refractivity contribution in [2.75, 3.05) is 6.26 Å². The minimum Gasteiger partial charge on any atom is -0.457 e. The third-order valence-corrected chi connectivity index (χ3v) is 3.67. The second-order valence-electron chi connectivity index (χ2n) is 4.16. The van der Waals surface area contributed by atoms with Crippen molar-refractivity contribution in [2.24, 2.45) is 0 Å². The Morgan fingerprint density at radius 1 is 1.19 bits per heavy atom. The lowest BCUT2D eigenvalue weighted by Gasteiger charge is -2.08. The number of nitro groups is 1. The normalized spacial score (nSPS) is 10.1. The second-order valence-corrected chi connectivity index (χ2v) is 5.01. The predicted octanol–water partition coefficient (Wildman–Crippen LogP) is 3.67. The maximum Gasteiger partial charge on any atom is 0.339 e. The highest BCUT2D eigenvalue weighted by Gasteiger charge is 2.16. The van der Waals surface area contributed by atoms with E-state index in [0.717, 1.165) is 4.90 Å². The molecule has 0 unspecified atom stereocenters. The van der Waals surface area contributed by atoms with Gasteiger partial charge in [0.15, 0.2) is 0 Å². The summed E-state index contributed by atoms with van der Waals surface area (Å²) in [6, 6.07) is 13.3. The highest BCUT2D eigenvalue weighted by molar-refractivity contribution is 7.98. The van der Waals surface area contributed by atoms with Crippen LogP contribution in [0.4, 0.5) is 5.69 Å². The Labute approximate surface area is 126 Å². The Hall–Kier alpha value is -2.34. The van der Waals surface area contributed by atoms with E-state index in [0.29, 0.717) is 11.1 Å². The first-order chi connectivity index (χ1) is 10.1. The molecule has 0 bridgehead atoms. The smallest absolute Gasteiger partial charge is 0.339 e. The number of hydrogen-bond donors (Lipinski definition) is 0. The van der Waals surface area contributed by atoms with E-state index in [2.05, 4.69) is 0 Å². The van der Waals surface area contributed by atoms with Crippen LogP contribution in [0.25, 0.3) is 0 Å². The molecule has 0 aliphatic heterocycles. The molecule has 108 valence electrons. The predicted molar refractivity (Wildman–Crippen MR) is 80.4 cm³/mol. The van der Waals surface area contributed by atoms with Gasteiger partial charge in [0.25, 0.3) is 5.69 Å². The van der Waals surface area contributed by atoms with Gasteiger partial charge in [-0.2, -0.15) is 0 Å². The Morgan fingerprint density at radius 2 is 1.86 bits per heavy atom. The van der Waals surface area contributed by atoms with Crippen LogP contribution in [0.3, 0.4) is 0 Å². The highest BCUT2D eigenvalue weighted by atomic mass is 32.2. The summed E-state index contributed by atoms with van der Waals surface area (Å²) >= 11 is 1.44. The molecule has 0 spiro atoms. The summed E-state index contributed by atoms with van der Waals surface area (Å²) in [5, 5.41) is 10.9. The molecular formula is C15H13NO4S. The topological polar surface area (TPSA) is 69.4 Å². The number of rotatable bonds is 5. The van der Waals surface area contributed by atoms with E-state index in [1.165, 1.54) is 17.8 Å². The Kier molecular flexibility index (Phi) is 4.94. The molecular weight excluding hydrogens is 290 g/mol. The van der Waals surface area contributed by atoms with E-state index in [-0.39, 0.29) is 12.3 Å². The summed E-state index contributed by atoms with van der Waals surface area (Å²) in [6.07, 6.45) is 1.87. The van der Waals surface area contributed by atoms with Gasteiger partial charge in [0.2, 0.25) is 0 Å². The molecule has 5 nitrogen and oxygen atoms in total. The van der Waals surface area contributed by atoms with Crippen LogP contribution < -0.4 is 0 Å². The summed E-state index contributed by atoms with van der Waals surface area (Å²) in [6.45, 7) is -0.126. The molecule has 0 aromatic heterocycles. The Balaban J connectivity index is 2.13. The van der Waals surface area contributed by atoms with Crippen molar-refractivity contribution >= 4 is 23.4 Å². The summed E-state index contributed by atoms with van der Waals surface area (Å²) in [4.78, 5) is 23.3. The van der Waals surface area contributed by atoms with Crippen LogP contribution >= 0.6 is 11.8 Å². The molecule has 0 aliphatic carbocycles. The van der Waals surface area contributed by atoms with Gasteiger partial charge in [-0.25, -0.2) is 4.79 Å². The molecule has 0 saturated carbocycles. The molecule has 0 atom stereocenters. The molecule has 0 heterocycles. The van der Waals surface area contributed by atoms with Crippen molar-refractivity contribution in [1.29, 1.82) is 0 Å². The maximum atomic E-state index is 12.1. The first kappa shape index (κ1) is 15.1. The van der Waals surface area contributed by atoms with Crippen LogP contribution in [0.1, 0.15) is 15.9 Å². The summed E-state index contributed by atoms with van der Waals surface area (Å²) in [5.41, 5.74) is 0.782. The van der Waals surface area contributed by atoms with E-state index in [9.17, 15) is 14.9 Å². The number of benzene rings is 2. The SMILES string of the molecule is CSc1ccccc1C(=O)OCc1ccccc1[N+](=O)[O-]. The largest absolute Gasteiger partial charge is 0.457 e. The number of para-hydroxylation sites is 1. The Morgan fingerprint density at radius 3 is 2.57 bits per heavy atom. The number of nitrogens with zero attached hydrogens (tertiary/aromatic N) is 1. The molecule has 0 N–H and O–H groups in total. The van der Waals surface area contributed by atoms with Crippen LogP contribution in [0.2, 0.25) is 0 Å². The van der Waals surface area contributed by atoms with E-state index in [4.69, 9.17) is 4.74 Å². The zero-order chi connectivity index (χ0) is 15.2. The fourth-order valence-corrected chi connectivity index (χ4v) is 2.43. The fourth-order valence-electron chi connectivity index (χ4n) is 1.85. The lowest BCUT2D eigenvalue weighted by molar-refractivity contribution is -0.385. The third-order valence-electron chi connectivity index (χ3n) is 2.87. The molecule has 0 amide bonds. The summed E-state index contributed by atoms with van der Waals surface area (Å²) in [7, 11) is 0. The van der Waals surface area contributed by atoms with Gasteiger partial charge in [0, 0.05) is 11.0 Å². The van der Waals surface area contributed by atoms with Gasteiger partial charge in [0.05, 0.1) is 16.1 Å². The summed E-state index contributed by atoms with van der Waals surface area (Å²) < 4.78 is 5.19. The van der Waals surface area contributed by atoms with Gasteiger partial charge in [-0.15, -0.1) is 11.8 Å². The van der Waals surface area contributed by atoms with Crippen molar-refractivity contribution in [3.8, 4) is 0 Å². The number of carbonyl (C=O) groups excluding carboxylic acids is 1. The van der Waals surface area contributed by atoms with Gasteiger partial charge >= 0.3 is 5.97 Å². The van der Waals surface area contributed by atoms with Gasteiger partial charge < -0.3 is 4.74 Å². The van der Waals surface area contributed by atoms with Crippen LogP contribution in [0.15, 0.2) is 53.4 Å². The third kappa shape index (κ3) is 3.61. The molecule has 2 aromatic carbocycles. The van der Waals surface area contributed by atoms with Gasteiger partial charge in [0.1, 0.15) is 6.61 Å². The van der Waals surface area contributed by atoms with Crippen molar-refractivity contribution < 1.29 is 14.5 Å². The number of esters is 1. The van der Waals surface area contributed by atoms with E-state index in [1.807, 2.05) is 18.4 Å². The quantitative estimate of drug-likeness (QED) is 0.365. The molecule has 6 heteroatoms. The minimum atomic E-state index is -0.488. The van der Waals surface area contributed by atoms with Crippen molar-refractivity contribution in [1.82, 2.24) is 0 Å². The summed E-state index contributed by atoms with van der Waals surface area (Å²) in [5.74, 6) is -0.488. The molecule has 2 rings (SSSR count). The standard InChI is InChI=1S/C15H13NO4S/c1-21-14-9-5-3-7-12(14)15(17)20-10-11-6-2-4-8-13(11)16(18)19/h2-9H,10H2,1H3. The average Bonchev–Trinajstić information content (AvgIpc) is 2.52. The lowest BCUT2D eigenvalue weighted by atomic mass is 10.2. The van der Waals surface area contributed by atoms with E-state index < -0.39 is 10.9 Å². The monoisotopic (exact) mass is 303 g/mol. The molecule has 0 radical (unpaired) electrons. The number of carbonyl (C=O) groups is 1. The number of thioether (sulfide) groups is 1. The minimum absolute atomic E-state index is 0.0524. The number of nitro benzene ring substituents is 1. The first-order valence-corrected chi connectivity index (χ1v) is 7.38. The highest BCUT2D eigenvalue weighted by Crippen LogP contribution is 2.22. The van der Waals surface area contributed by atoms with Gasteiger partial charge in [-0.3, -0.25) is 10.1 Å². The average molecular weight is 303 g/mol. The maximum absolute atomic E-state index is 12.1. The number of ether oxygens (including phenoxy) is 1. The zero-order valence-corrected chi connectivity index (χ0v) is 12.1. The Bertz CT molecular complexity index is 672. The number of hydrogen-bond acceptors (Lipinski definition) is 5. The fraction of sp³-hybridized carbons (Fsp3) is 0.133. The molecule has 21 heavy (non-hydrogen) atoms. The van der Waals surface area contributed by atoms with Crippen LogP contribution in [0.5, 0.6) is 0 Å². The van der Waals surface area contributed by atoms with Crippen LogP contribution in [-0.2, 0) is 11.3 Å². The lowest BCUT2D eigenvalue weighted by Crippen LogP contribution is -2.07.